The van der Waals surface area contributed by atoms with Crippen molar-refractivity contribution in [2.45, 2.75) is 19.6 Å². The van der Waals surface area contributed by atoms with Gasteiger partial charge in [-0.3, -0.25) is 4.79 Å². The molecular weight excluding hydrogens is 212 g/mol. The summed E-state index contributed by atoms with van der Waals surface area (Å²) < 4.78 is 4.25. The summed E-state index contributed by atoms with van der Waals surface area (Å²) in [6.07, 6.45) is 0. The molecule has 0 rings (SSSR count). The third kappa shape index (κ3) is 4.91. The molecule has 0 N–H and O–H groups in total. The van der Waals surface area contributed by atoms with Crippen molar-refractivity contribution in [3.8, 4) is 11.5 Å². The maximum atomic E-state index is 11.3. The van der Waals surface area contributed by atoms with Gasteiger partial charge in [0, 0.05) is 0 Å². The van der Waals surface area contributed by atoms with Crippen molar-refractivity contribution >= 4 is 25.5 Å². The second-order valence-corrected chi connectivity index (χ2v) is 8.52. The Morgan fingerprint density at radius 1 is 1.33 bits per heavy atom. The minimum absolute atomic E-state index is 0.691. The van der Waals surface area contributed by atoms with E-state index in [1.54, 1.807) is 0 Å². The Morgan fingerprint density at radius 2 is 1.87 bits per heavy atom. The molecule has 80 valence electrons. The Labute approximate surface area is 89.1 Å². The van der Waals surface area contributed by atoms with Crippen molar-refractivity contribution in [2.75, 3.05) is 7.11 Å². The highest BCUT2D eigenvalue weighted by Gasteiger charge is 2.29. The van der Waals surface area contributed by atoms with E-state index in [0.717, 1.165) is 7.11 Å². The summed E-state index contributed by atoms with van der Waals surface area (Å²) in [5.74, 6) is 0.450. The van der Waals surface area contributed by atoms with Crippen molar-refractivity contribution in [1.29, 1.82) is 0 Å². The molecule has 0 heterocycles. The number of rotatable bonds is 2. The van der Waals surface area contributed by atoms with E-state index in [1.165, 1.54) is 0 Å². The summed E-state index contributed by atoms with van der Waals surface area (Å²) in [5, 5.41) is 0. The van der Waals surface area contributed by atoms with Crippen LogP contribution in [0, 0.1) is 11.5 Å². The predicted octanol–water partition coefficient (Wildman–Crippen LogP) is 0.280. The van der Waals surface area contributed by atoms with Gasteiger partial charge < -0.3 is 10.3 Å². The van der Waals surface area contributed by atoms with Gasteiger partial charge in [0.15, 0.2) is 0 Å². The van der Waals surface area contributed by atoms with Gasteiger partial charge in [-0.15, -0.1) is 5.54 Å². The number of esters is 1. The number of carbonyl (C=O) groups is 2. The molecule has 0 aliphatic heterocycles. The lowest BCUT2D eigenvalue weighted by Gasteiger charge is -2.02. The molecule has 0 fully saturated rings. The summed E-state index contributed by atoms with van der Waals surface area (Å²) in [7, 11) is -0.604. The normalized spacial score (nSPS) is 9.33. The number of Topliss-reactive ketones (excluding diaryl/α,β-unsaturated/α-hetero) is 1. The van der Waals surface area contributed by atoms with Gasteiger partial charge in [-0.25, -0.2) is 4.79 Å². The van der Waals surface area contributed by atoms with E-state index >= 15 is 0 Å². The van der Waals surface area contributed by atoms with Crippen molar-refractivity contribution in [3.05, 3.63) is 5.53 Å². The zero-order valence-corrected chi connectivity index (χ0v) is 10.1. The largest absolute Gasteiger partial charge is 0.460 e. The van der Waals surface area contributed by atoms with Gasteiger partial charge in [-0.05, 0) is 5.92 Å². The lowest BCUT2D eigenvalue weighted by atomic mass is 10.2. The molecule has 0 unspecified atom stereocenters. The lowest BCUT2D eigenvalue weighted by Crippen LogP contribution is -2.26. The molecule has 6 heteroatoms. The molecule has 0 radical (unpaired) electrons. The molecule has 0 aromatic heterocycles. The molecule has 0 bridgehead atoms. The van der Waals surface area contributed by atoms with Gasteiger partial charge in [0.1, 0.15) is 8.07 Å². The van der Waals surface area contributed by atoms with Crippen molar-refractivity contribution in [2.24, 2.45) is 0 Å². The Bertz CT molecular complexity index is 392. The SMILES string of the molecule is COC(=O)C(=[N+]=[N-])C(=O)C#C[Si](C)(C)C. The summed E-state index contributed by atoms with van der Waals surface area (Å²) in [5.41, 5.74) is 10.5. The van der Waals surface area contributed by atoms with Crippen LogP contribution in [-0.2, 0) is 14.3 Å². The molecule has 0 saturated carbocycles. The van der Waals surface area contributed by atoms with E-state index in [4.69, 9.17) is 5.53 Å². The quantitative estimate of drug-likeness (QED) is 0.128. The number of hydrogen-bond acceptors (Lipinski definition) is 3. The molecule has 5 nitrogen and oxygen atoms in total. The molecular formula is C9H12N2O3Si. The van der Waals surface area contributed by atoms with E-state index in [0.29, 0.717) is 0 Å². The fourth-order valence-corrected chi connectivity index (χ4v) is 1.07. The second kappa shape index (κ2) is 5.25. The number of hydrogen-bond donors (Lipinski definition) is 0. The Hall–Kier alpha value is -1.70. The van der Waals surface area contributed by atoms with E-state index < -0.39 is 25.5 Å². The van der Waals surface area contributed by atoms with Crippen LogP contribution in [0.1, 0.15) is 0 Å². The fourth-order valence-electron chi connectivity index (χ4n) is 0.579. The van der Waals surface area contributed by atoms with Crippen LogP contribution in [0.3, 0.4) is 0 Å². The number of ketones is 1. The maximum Gasteiger partial charge on any atom is 0.454 e. The van der Waals surface area contributed by atoms with Gasteiger partial charge in [0.25, 0.3) is 0 Å². The first-order valence-corrected chi connectivity index (χ1v) is 7.69. The lowest BCUT2D eigenvalue weighted by molar-refractivity contribution is -0.139. The number of ether oxygens (including phenoxy) is 1. The average Bonchev–Trinajstić information content (AvgIpc) is 2.14. The van der Waals surface area contributed by atoms with Crippen LogP contribution in [0.2, 0.25) is 19.6 Å². The van der Waals surface area contributed by atoms with Crippen molar-refractivity contribution in [3.63, 3.8) is 0 Å². The number of nitrogens with zero attached hydrogens (tertiary/aromatic N) is 2. The van der Waals surface area contributed by atoms with Crippen LogP contribution in [0.5, 0.6) is 0 Å². The molecule has 0 aromatic rings. The first kappa shape index (κ1) is 13.3. The number of carbonyl (C=O) groups excluding carboxylic acids is 2. The zero-order valence-electron chi connectivity index (χ0n) is 9.12. The fraction of sp³-hybridized carbons (Fsp3) is 0.444. The van der Waals surface area contributed by atoms with Gasteiger partial charge in [0.2, 0.25) is 0 Å². The van der Waals surface area contributed by atoms with Gasteiger partial charge in [-0.1, -0.05) is 19.6 Å². The van der Waals surface area contributed by atoms with Gasteiger partial charge >= 0.3 is 17.5 Å². The van der Waals surface area contributed by atoms with E-state index in [9.17, 15) is 9.59 Å². The van der Waals surface area contributed by atoms with Crippen LogP contribution in [0.4, 0.5) is 0 Å². The summed E-state index contributed by atoms with van der Waals surface area (Å²) in [4.78, 5) is 24.8. The molecule has 0 saturated heterocycles. The highest BCUT2D eigenvalue weighted by atomic mass is 28.3. The first-order chi connectivity index (χ1) is 6.81. The monoisotopic (exact) mass is 224 g/mol. The molecule has 0 amide bonds. The molecule has 0 atom stereocenters. The average molecular weight is 224 g/mol. The van der Waals surface area contributed by atoms with Crippen molar-refractivity contribution in [1.82, 2.24) is 0 Å². The third-order valence-electron chi connectivity index (χ3n) is 1.24. The van der Waals surface area contributed by atoms with Crippen LogP contribution in [0.15, 0.2) is 0 Å². The maximum absolute atomic E-state index is 11.3. The first-order valence-electron chi connectivity index (χ1n) is 4.19. The van der Waals surface area contributed by atoms with Crippen LogP contribution in [0.25, 0.3) is 5.53 Å². The molecule has 15 heavy (non-hydrogen) atoms. The molecule has 0 aliphatic rings. The zero-order chi connectivity index (χ0) is 12.1. The Kier molecular flexibility index (Phi) is 4.65. The van der Waals surface area contributed by atoms with Gasteiger partial charge in [0.05, 0.1) is 7.11 Å². The van der Waals surface area contributed by atoms with Crippen molar-refractivity contribution < 1.29 is 19.1 Å². The molecule has 0 spiro atoms. The van der Waals surface area contributed by atoms with Crippen LogP contribution >= 0.6 is 0 Å². The topological polar surface area (TPSA) is 79.8 Å². The minimum Gasteiger partial charge on any atom is -0.460 e. The van der Waals surface area contributed by atoms with E-state index in [-0.39, 0.29) is 0 Å². The summed E-state index contributed by atoms with van der Waals surface area (Å²) in [6.45, 7) is 5.84. The predicted molar refractivity (Wildman–Crippen MR) is 56.8 cm³/mol. The highest BCUT2D eigenvalue weighted by Crippen LogP contribution is 1.96. The molecule has 0 aliphatic carbocycles. The van der Waals surface area contributed by atoms with Gasteiger partial charge in [-0.2, -0.15) is 4.79 Å². The number of methoxy groups -OCH3 is 1. The minimum atomic E-state index is -1.69. The Balaban J connectivity index is 4.93. The van der Waals surface area contributed by atoms with Crippen LogP contribution in [-0.4, -0.2) is 37.4 Å². The van der Waals surface area contributed by atoms with E-state index in [2.05, 4.69) is 21.0 Å². The van der Waals surface area contributed by atoms with Crippen LogP contribution < -0.4 is 0 Å². The van der Waals surface area contributed by atoms with E-state index in [1.807, 2.05) is 19.6 Å². The smallest absolute Gasteiger partial charge is 0.454 e. The standard InChI is InChI=1S/C9H12N2O3Si/c1-14-9(13)8(11-10)7(12)5-6-15(2,3)4/h1-4H3. The Morgan fingerprint density at radius 3 is 2.20 bits per heavy atom. The second-order valence-electron chi connectivity index (χ2n) is 3.77. The summed E-state index contributed by atoms with van der Waals surface area (Å²) >= 11 is 0. The molecule has 0 aromatic carbocycles. The summed E-state index contributed by atoms with van der Waals surface area (Å²) in [6, 6.07) is 0. The third-order valence-corrected chi connectivity index (χ3v) is 2.12. The highest BCUT2D eigenvalue weighted by molar-refractivity contribution is 6.84.